The molecular formula is C14H10Cl2N4O4. The fraction of sp³-hybridized carbons (Fsp3) is 0.0714. The van der Waals surface area contributed by atoms with Gasteiger partial charge in [0, 0.05) is 22.9 Å². The molecule has 2 rings (SSSR count). The van der Waals surface area contributed by atoms with E-state index in [-0.39, 0.29) is 28.8 Å². The summed E-state index contributed by atoms with van der Waals surface area (Å²) in [6.45, 7) is -0.0962. The van der Waals surface area contributed by atoms with Gasteiger partial charge in [-0.2, -0.15) is 0 Å². The number of nitrogens with one attached hydrogen (secondary N) is 1. The van der Waals surface area contributed by atoms with Crippen molar-refractivity contribution in [3.05, 3.63) is 61.9 Å². The number of carbonyl (C=O) groups is 1. The zero-order valence-electron chi connectivity index (χ0n) is 11.9. The lowest BCUT2D eigenvalue weighted by atomic mass is 10.2. The SMILES string of the molecule is O=C(NCN=Cc1cc(Cl)cc(Cl)c1O)c1ccc([N+](=O)[O-])cn1. The van der Waals surface area contributed by atoms with Crippen molar-refractivity contribution in [1.82, 2.24) is 10.3 Å². The highest BCUT2D eigenvalue weighted by Gasteiger charge is 2.10. The summed E-state index contributed by atoms with van der Waals surface area (Å²) in [5.74, 6) is -0.719. The number of hydrogen-bond acceptors (Lipinski definition) is 6. The molecule has 0 radical (unpaired) electrons. The lowest BCUT2D eigenvalue weighted by Crippen LogP contribution is -2.24. The normalized spacial score (nSPS) is 10.8. The number of aliphatic imine (C=N–C) groups is 1. The number of phenols is 1. The summed E-state index contributed by atoms with van der Waals surface area (Å²) >= 11 is 11.6. The van der Waals surface area contributed by atoms with Crippen molar-refractivity contribution in [1.29, 1.82) is 0 Å². The maximum Gasteiger partial charge on any atom is 0.287 e. The number of carbonyl (C=O) groups excluding carboxylic acids is 1. The minimum absolute atomic E-state index is 0.0180. The standard InChI is InChI=1S/C14H10Cl2N4O4/c15-9-3-8(13(21)11(16)4-9)5-17-7-19-14(22)12-2-1-10(6-18-12)20(23)24/h1-6,21H,7H2,(H,19,22). The van der Waals surface area contributed by atoms with Crippen LogP contribution in [0.2, 0.25) is 10.0 Å². The third kappa shape index (κ3) is 4.40. The molecule has 2 aromatic rings. The molecule has 124 valence electrons. The van der Waals surface area contributed by atoms with E-state index in [4.69, 9.17) is 23.2 Å². The molecule has 1 aromatic heterocycles. The van der Waals surface area contributed by atoms with Crippen LogP contribution in [0.15, 0.2) is 35.5 Å². The maximum atomic E-state index is 11.8. The Morgan fingerprint density at radius 1 is 1.42 bits per heavy atom. The first-order valence-electron chi connectivity index (χ1n) is 6.45. The fourth-order valence-electron chi connectivity index (χ4n) is 1.66. The van der Waals surface area contributed by atoms with E-state index in [0.29, 0.717) is 10.6 Å². The predicted octanol–water partition coefficient (Wildman–Crippen LogP) is 2.81. The van der Waals surface area contributed by atoms with Crippen LogP contribution in [-0.4, -0.2) is 33.8 Å². The first-order valence-corrected chi connectivity index (χ1v) is 7.20. The van der Waals surface area contributed by atoms with Gasteiger partial charge in [0.15, 0.2) is 0 Å². The highest BCUT2D eigenvalue weighted by Crippen LogP contribution is 2.29. The molecule has 8 nitrogen and oxygen atoms in total. The molecule has 0 bridgehead atoms. The van der Waals surface area contributed by atoms with Crippen LogP contribution < -0.4 is 5.32 Å². The molecule has 0 fully saturated rings. The van der Waals surface area contributed by atoms with Gasteiger partial charge in [-0.25, -0.2) is 4.98 Å². The Kier molecular flexibility index (Phi) is 5.67. The first kappa shape index (κ1) is 17.6. The monoisotopic (exact) mass is 368 g/mol. The molecule has 1 amide bonds. The topological polar surface area (TPSA) is 118 Å². The lowest BCUT2D eigenvalue weighted by Gasteiger charge is -2.03. The Morgan fingerprint density at radius 2 is 2.17 bits per heavy atom. The maximum absolute atomic E-state index is 11.8. The number of rotatable bonds is 5. The molecule has 0 saturated carbocycles. The van der Waals surface area contributed by atoms with Crippen LogP contribution in [0.4, 0.5) is 5.69 Å². The number of hydrogen-bond donors (Lipinski definition) is 2. The van der Waals surface area contributed by atoms with E-state index in [2.05, 4.69) is 15.3 Å². The highest BCUT2D eigenvalue weighted by molar-refractivity contribution is 6.36. The summed E-state index contributed by atoms with van der Waals surface area (Å²) in [6, 6.07) is 5.26. The van der Waals surface area contributed by atoms with Crippen LogP contribution in [0, 0.1) is 10.1 Å². The van der Waals surface area contributed by atoms with Gasteiger partial charge >= 0.3 is 0 Å². The Labute approximate surface area is 145 Å². The minimum atomic E-state index is -0.610. The van der Waals surface area contributed by atoms with Crippen molar-refractivity contribution in [2.75, 3.05) is 6.67 Å². The second-order valence-electron chi connectivity index (χ2n) is 4.46. The number of aromatic hydroxyl groups is 1. The lowest BCUT2D eigenvalue weighted by molar-refractivity contribution is -0.385. The van der Waals surface area contributed by atoms with Crippen LogP contribution in [0.1, 0.15) is 16.1 Å². The van der Waals surface area contributed by atoms with Crippen molar-refractivity contribution in [3.8, 4) is 5.75 Å². The van der Waals surface area contributed by atoms with E-state index in [1.165, 1.54) is 30.5 Å². The molecule has 10 heteroatoms. The Balaban J connectivity index is 1.96. The van der Waals surface area contributed by atoms with Crippen molar-refractivity contribution < 1.29 is 14.8 Å². The van der Waals surface area contributed by atoms with Gasteiger partial charge in [-0.3, -0.25) is 19.9 Å². The second kappa shape index (κ2) is 7.71. The Bertz CT molecular complexity index is 809. The largest absolute Gasteiger partial charge is 0.506 e. The smallest absolute Gasteiger partial charge is 0.287 e. The van der Waals surface area contributed by atoms with E-state index in [9.17, 15) is 20.0 Å². The molecule has 2 N–H and O–H groups in total. The van der Waals surface area contributed by atoms with E-state index < -0.39 is 10.8 Å². The van der Waals surface area contributed by atoms with E-state index in [1.54, 1.807) is 0 Å². The van der Waals surface area contributed by atoms with Crippen LogP contribution >= 0.6 is 23.2 Å². The van der Waals surface area contributed by atoms with Gasteiger partial charge in [-0.1, -0.05) is 23.2 Å². The molecule has 1 heterocycles. The highest BCUT2D eigenvalue weighted by atomic mass is 35.5. The Morgan fingerprint density at radius 3 is 2.79 bits per heavy atom. The summed E-state index contributed by atoms with van der Waals surface area (Å²) < 4.78 is 0. The van der Waals surface area contributed by atoms with Crippen LogP contribution in [0.25, 0.3) is 0 Å². The molecule has 1 aromatic carbocycles. The van der Waals surface area contributed by atoms with Gasteiger partial charge in [-0.05, 0) is 18.2 Å². The molecule has 24 heavy (non-hydrogen) atoms. The molecule has 0 unspecified atom stereocenters. The van der Waals surface area contributed by atoms with Gasteiger partial charge in [-0.15, -0.1) is 0 Å². The van der Waals surface area contributed by atoms with Crippen molar-refractivity contribution in [2.45, 2.75) is 0 Å². The number of nitro groups is 1. The summed E-state index contributed by atoms with van der Waals surface area (Å²) in [4.78, 5) is 29.3. The minimum Gasteiger partial charge on any atom is -0.506 e. The van der Waals surface area contributed by atoms with E-state index in [0.717, 1.165) is 6.20 Å². The zero-order chi connectivity index (χ0) is 17.7. The molecule has 0 aliphatic rings. The number of nitrogens with zero attached hydrogens (tertiary/aromatic N) is 3. The molecule has 0 aliphatic heterocycles. The number of pyridine rings is 1. The fourth-order valence-corrected chi connectivity index (χ4v) is 2.17. The zero-order valence-corrected chi connectivity index (χ0v) is 13.5. The number of phenolic OH excluding ortho intramolecular Hbond substituents is 1. The van der Waals surface area contributed by atoms with Crippen LogP contribution in [0.3, 0.4) is 0 Å². The third-order valence-electron chi connectivity index (χ3n) is 2.81. The number of amides is 1. The van der Waals surface area contributed by atoms with Gasteiger partial charge in [0.2, 0.25) is 0 Å². The summed E-state index contributed by atoms with van der Waals surface area (Å²) in [7, 11) is 0. The molecule has 0 saturated heterocycles. The predicted molar refractivity (Wildman–Crippen MR) is 88.9 cm³/mol. The summed E-state index contributed by atoms with van der Waals surface area (Å²) in [5, 5.41) is 23.1. The number of halogens is 2. The average molecular weight is 369 g/mol. The van der Waals surface area contributed by atoms with E-state index >= 15 is 0 Å². The van der Waals surface area contributed by atoms with Gasteiger partial charge in [0.05, 0.1) is 9.95 Å². The second-order valence-corrected chi connectivity index (χ2v) is 5.30. The molecule has 0 aliphatic carbocycles. The van der Waals surface area contributed by atoms with Crippen LogP contribution in [-0.2, 0) is 0 Å². The molecular weight excluding hydrogens is 359 g/mol. The van der Waals surface area contributed by atoms with Gasteiger partial charge in [0.25, 0.3) is 11.6 Å². The number of benzene rings is 1. The van der Waals surface area contributed by atoms with Crippen LogP contribution in [0.5, 0.6) is 5.75 Å². The third-order valence-corrected chi connectivity index (χ3v) is 3.32. The van der Waals surface area contributed by atoms with E-state index in [1.807, 2.05) is 0 Å². The van der Waals surface area contributed by atoms with Crippen molar-refractivity contribution in [2.24, 2.45) is 4.99 Å². The average Bonchev–Trinajstić information content (AvgIpc) is 2.55. The molecule has 0 atom stereocenters. The summed E-state index contributed by atoms with van der Waals surface area (Å²) in [5.41, 5.74) is 0.109. The Hall–Kier alpha value is -2.71. The van der Waals surface area contributed by atoms with Gasteiger partial charge < -0.3 is 10.4 Å². The van der Waals surface area contributed by atoms with Gasteiger partial charge in [0.1, 0.15) is 24.3 Å². The number of aromatic nitrogens is 1. The molecule has 0 spiro atoms. The quantitative estimate of drug-likeness (QED) is 0.477. The van der Waals surface area contributed by atoms with Crippen molar-refractivity contribution >= 4 is 41.0 Å². The summed E-state index contributed by atoms with van der Waals surface area (Å²) in [6.07, 6.45) is 2.29. The first-order chi connectivity index (χ1) is 11.4. The van der Waals surface area contributed by atoms with Crippen molar-refractivity contribution in [3.63, 3.8) is 0 Å².